The third-order valence-corrected chi connectivity index (χ3v) is 8.28. The Morgan fingerprint density at radius 1 is 0.973 bits per heavy atom. The summed E-state index contributed by atoms with van der Waals surface area (Å²) in [5.41, 5.74) is 1.76. The zero-order chi connectivity index (χ0) is 25.2. The van der Waals surface area contributed by atoms with Gasteiger partial charge in [0.1, 0.15) is 11.5 Å². The second-order valence-electron chi connectivity index (χ2n) is 9.90. The fourth-order valence-corrected chi connectivity index (χ4v) is 6.25. The number of ether oxygens (including phenoxy) is 1. The summed E-state index contributed by atoms with van der Waals surface area (Å²) in [4.78, 5) is 34.4. The number of pyridine rings is 2. The van der Waals surface area contributed by atoms with E-state index < -0.39 is 0 Å². The number of carbonyl (C=O) groups is 1. The molecule has 3 aliphatic heterocycles. The third kappa shape index (κ3) is 5.34. The van der Waals surface area contributed by atoms with Gasteiger partial charge in [0, 0.05) is 39.3 Å². The molecule has 3 aromatic rings. The number of hydrogen-bond acceptors (Lipinski definition) is 10. The molecule has 6 rings (SSSR count). The highest BCUT2D eigenvalue weighted by molar-refractivity contribution is 7.22. The van der Waals surface area contributed by atoms with Gasteiger partial charge in [-0.25, -0.2) is 9.97 Å². The van der Waals surface area contributed by atoms with Crippen molar-refractivity contribution in [2.75, 3.05) is 72.5 Å². The smallest absolute Gasteiger partial charge is 0.274 e. The Morgan fingerprint density at radius 2 is 1.78 bits per heavy atom. The monoisotopic (exact) mass is 523 g/mol. The SMILES string of the molecule is O=C(Nc1cc2sc(N3CCOCC3)nc2nc1N1CCCCC1)c1cccc(N2CCCC(O)C2)n1. The molecule has 6 heterocycles. The summed E-state index contributed by atoms with van der Waals surface area (Å²) in [6.45, 7) is 6.22. The molecule has 3 fully saturated rings. The highest BCUT2D eigenvalue weighted by Gasteiger charge is 2.24. The number of fused-ring (bicyclic) bond motifs is 1. The molecule has 3 aromatic heterocycles. The van der Waals surface area contributed by atoms with Crippen molar-refractivity contribution in [3.63, 3.8) is 0 Å². The van der Waals surface area contributed by atoms with Crippen LogP contribution in [0.4, 0.5) is 22.5 Å². The number of nitrogens with one attached hydrogen (secondary N) is 1. The molecule has 10 nitrogen and oxygen atoms in total. The zero-order valence-corrected chi connectivity index (χ0v) is 21.8. The van der Waals surface area contributed by atoms with Crippen molar-refractivity contribution in [2.24, 2.45) is 0 Å². The maximum Gasteiger partial charge on any atom is 0.274 e. The van der Waals surface area contributed by atoms with Gasteiger partial charge in [-0.05, 0) is 50.3 Å². The molecule has 1 unspecified atom stereocenters. The van der Waals surface area contributed by atoms with E-state index in [0.29, 0.717) is 42.6 Å². The summed E-state index contributed by atoms with van der Waals surface area (Å²) in [6, 6.07) is 7.49. The number of morpholine rings is 1. The van der Waals surface area contributed by atoms with Crippen LogP contribution in [0.5, 0.6) is 0 Å². The molecular weight excluding hydrogens is 490 g/mol. The highest BCUT2D eigenvalue weighted by Crippen LogP contribution is 2.35. The molecular formula is C26H33N7O3S. The summed E-state index contributed by atoms with van der Waals surface area (Å²) >= 11 is 1.60. The number of nitrogens with zero attached hydrogens (tertiary/aromatic N) is 6. The Kier molecular flexibility index (Phi) is 7.08. The van der Waals surface area contributed by atoms with Crippen LogP contribution in [0.2, 0.25) is 0 Å². The molecule has 0 bridgehead atoms. The van der Waals surface area contributed by atoms with E-state index in [0.717, 1.165) is 74.1 Å². The van der Waals surface area contributed by atoms with Gasteiger partial charge in [0.15, 0.2) is 16.6 Å². The molecule has 3 aliphatic rings. The van der Waals surface area contributed by atoms with E-state index in [4.69, 9.17) is 14.7 Å². The van der Waals surface area contributed by atoms with Crippen LogP contribution in [0.15, 0.2) is 24.3 Å². The number of aliphatic hydroxyl groups excluding tert-OH is 1. The predicted octanol–water partition coefficient (Wildman–Crippen LogP) is 3.13. The lowest BCUT2D eigenvalue weighted by Crippen LogP contribution is -2.38. The zero-order valence-electron chi connectivity index (χ0n) is 20.9. The molecule has 2 N–H and O–H groups in total. The third-order valence-electron chi connectivity index (χ3n) is 7.22. The number of anilines is 4. The first kappa shape index (κ1) is 24.3. The first-order chi connectivity index (χ1) is 18.1. The fraction of sp³-hybridized carbons (Fsp3) is 0.538. The van der Waals surface area contributed by atoms with Crippen molar-refractivity contribution in [1.82, 2.24) is 15.0 Å². The average molecular weight is 524 g/mol. The number of thiazole rings is 1. The lowest BCUT2D eigenvalue weighted by atomic mass is 10.1. The summed E-state index contributed by atoms with van der Waals surface area (Å²) in [6.07, 6.45) is 4.77. The van der Waals surface area contributed by atoms with E-state index in [2.05, 4.69) is 20.1 Å². The van der Waals surface area contributed by atoms with Crippen molar-refractivity contribution in [1.29, 1.82) is 0 Å². The van der Waals surface area contributed by atoms with Crippen LogP contribution in [0, 0.1) is 0 Å². The van der Waals surface area contributed by atoms with Crippen molar-refractivity contribution in [2.45, 2.75) is 38.2 Å². The summed E-state index contributed by atoms with van der Waals surface area (Å²) in [5, 5.41) is 14.1. The van der Waals surface area contributed by atoms with E-state index >= 15 is 0 Å². The van der Waals surface area contributed by atoms with E-state index in [9.17, 15) is 9.90 Å². The molecule has 1 amide bonds. The average Bonchev–Trinajstić information content (AvgIpc) is 3.37. The van der Waals surface area contributed by atoms with Gasteiger partial charge in [-0.1, -0.05) is 17.4 Å². The molecule has 3 saturated heterocycles. The highest BCUT2D eigenvalue weighted by atomic mass is 32.1. The Bertz CT molecular complexity index is 1260. The van der Waals surface area contributed by atoms with Gasteiger partial charge in [-0.15, -0.1) is 0 Å². The first-order valence-corrected chi connectivity index (χ1v) is 14.1. The van der Waals surface area contributed by atoms with Crippen molar-refractivity contribution >= 4 is 50.0 Å². The Labute approximate surface area is 220 Å². The number of aromatic nitrogens is 3. The van der Waals surface area contributed by atoms with Crippen molar-refractivity contribution in [3.8, 4) is 0 Å². The minimum absolute atomic E-state index is 0.267. The van der Waals surface area contributed by atoms with Gasteiger partial charge >= 0.3 is 0 Å². The molecule has 1 atom stereocenters. The molecule has 0 radical (unpaired) electrons. The van der Waals surface area contributed by atoms with Crippen molar-refractivity contribution < 1.29 is 14.6 Å². The number of rotatable bonds is 5. The quantitative estimate of drug-likeness (QED) is 0.522. The minimum Gasteiger partial charge on any atom is -0.391 e. The lowest BCUT2D eigenvalue weighted by molar-refractivity contribution is 0.102. The Morgan fingerprint density at radius 3 is 2.59 bits per heavy atom. The standard InChI is InChI=1S/C26H33N7O3S/c34-18-6-5-11-33(17-18)22-8-4-7-19(27-22)25(35)28-20-16-21-23(29-24(20)31-9-2-1-3-10-31)30-26(37-21)32-12-14-36-15-13-32/h4,7-8,16,18,34H,1-3,5-6,9-15,17H2,(H,28,35). The Hall–Kier alpha value is -3.02. The number of carbonyl (C=O) groups excluding carboxylic acids is 1. The van der Waals surface area contributed by atoms with Crippen LogP contribution in [0.1, 0.15) is 42.6 Å². The van der Waals surface area contributed by atoms with Gasteiger partial charge < -0.3 is 29.9 Å². The van der Waals surface area contributed by atoms with Gasteiger partial charge in [-0.3, -0.25) is 4.79 Å². The van der Waals surface area contributed by atoms with E-state index in [1.165, 1.54) is 6.42 Å². The molecule has 0 aliphatic carbocycles. The second-order valence-corrected chi connectivity index (χ2v) is 10.9. The maximum atomic E-state index is 13.4. The number of hydrogen-bond donors (Lipinski definition) is 2. The van der Waals surface area contributed by atoms with Crippen LogP contribution in [-0.4, -0.2) is 84.6 Å². The minimum atomic E-state index is -0.361. The van der Waals surface area contributed by atoms with E-state index in [1.54, 1.807) is 17.4 Å². The van der Waals surface area contributed by atoms with Gasteiger partial charge in [0.25, 0.3) is 5.91 Å². The van der Waals surface area contributed by atoms with Crippen LogP contribution >= 0.6 is 11.3 Å². The molecule has 11 heteroatoms. The predicted molar refractivity (Wildman–Crippen MR) is 146 cm³/mol. The molecule has 0 aromatic carbocycles. The van der Waals surface area contributed by atoms with E-state index in [-0.39, 0.29) is 12.0 Å². The summed E-state index contributed by atoms with van der Waals surface area (Å²) in [7, 11) is 0. The van der Waals surface area contributed by atoms with Crippen LogP contribution in [-0.2, 0) is 4.74 Å². The maximum absolute atomic E-state index is 13.4. The number of amides is 1. The number of piperidine rings is 2. The van der Waals surface area contributed by atoms with E-state index in [1.807, 2.05) is 23.1 Å². The van der Waals surface area contributed by atoms with Gasteiger partial charge in [0.05, 0.1) is 29.7 Å². The Balaban J connectivity index is 1.29. The molecule has 0 spiro atoms. The number of aliphatic hydroxyl groups is 1. The normalized spacial score (nSPS) is 20.9. The van der Waals surface area contributed by atoms with Crippen LogP contribution in [0.25, 0.3) is 10.3 Å². The van der Waals surface area contributed by atoms with Gasteiger partial charge in [-0.2, -0.15) is 4.98 Å². The van der Waals surface area contributed by atoms with Crippen molar-refractivity contribution in [3.05, 3.63) is 30.0 Å². The largest absolute Gasteiger partial charge is 0.391 e. The van der Waals surface area contributed by atoms with Crippen LogP contribution < -0.4 is 20.0 Å². The summed E-state index contributed by atoms with van der Waals surface area (Å²) in [5.74, 6) is 1.22. The van der Waals surface area contributed by atoms with Crippen LogP contribution in [0.3, 0.4) is 0 Å². The second kappa shape index (κ2) is 10.8. The topological polar surface area (TPSA) is 107 Å². The lowest BCUT2D eigenvalue weighted by Gasteiger charge is -2.31. The molecule has 0 saturated carbocycles. The molecule has 196 valence electrons. The summed E-state index contributed by atoms with van der Waals surface area (Å²) < 4.78 is 6.44. The fourth-order valence-electron chi connectivity index (χ4n) is 5.25. The molecule has 37 heavy (non-hydrogen) atoms. The first-order valence-electron chi connectivity index (χ1n) is 13.2. The van der Waals surface area contributed by atoms with Gasteiger partial charge in [0.2, 0.25) is 0 Å². The number of β-amino-alcohol motifs (C(OH)–C–C–N with tert-alkyl or cyclic N) is 1.